The van der Waals surface area contributed by atoms with Crippen LogP contribution in [0.4, 0.5) is 0 Å². The smallest absolute Gasteiger partial charge is 0.0899 e. The molecule has 14 heavy (non-hydrogen) atoms. The van der Waals surface area contributed by atoms with Crippen LogP contribution in [-0.2, 0) is 6.42 Å². The van der Waals surface area contributed by atoms with Crippen LogP contribution >= 0.6 is 0 Å². The van der Waals surface area contributed by atoms with Gasteiger partial charge in [0.1, 0.15) is 0 Å². The molecule has 0 spiro atoms. The molecule has 4 nitrogen and oxygen atoms in total. The van der Waals surface area contributed by atoms with Gasteiger partial charge in [-0.25, -0.2) is 0 Å². The summed E-state index contributed by atoms with van der Waals surface area (Å²) in [5.41, 5.74) is 0.849. The molecule has 1 heterocycles. The van der Waals surface area contributed by atoms with E-state index in [0.29, 0.717) is 12.8 Å². The molecule has 0 unspecified atom stereocenters. The van der Waals surface area contributed by atoms with Gasteiger partial charge in [-0.15, -0.1) is 0 Å². The van der Waals surface area contributed by atoms with Crippen molar-refractivity contribution in [1.82, 2.24) is 4.98 Å². The van der Waals surface area contributed by atoms with E-state index in [1.807, 2.05) is 0 Å². The summed E-state index contributed by atoms with van der Waals surface area (Å²) in [7, 11) is 0. The molecule has 0 saturated heterocycles. The molecule has 76 valence electrons. The van der Waals surface area contributed by atoms with Crippen molar-refractivity contribution < 1.29 is 15.0 Å². The molecule has 1 atom stereocenters. The first-order chi connectivity index (χ1) is 6.59. The van der Waals surface area contributed by atoms with E-state index in [2.05, 4.69) is 4.98 Å². The predicted octanol–water partition coefficient (Wildman–Crippen LogP) is -0.242. The number of rotatable bonds is 4. The van der Waals surface area contributed by atoms with Crippen LogP contribution < -0.4 is 5.11 Å². The Hall–Kier alpha value is -1.42. The largest absolute Gasteiger partial charge is 0.543 e. The van der Waals surface area contributed by atoms with Gasteiger partial charge in [0.25, 0.3) is 0 Å². The Labute approximate surface area is 82.2 Å². The van der Waals surface area contributed by atoms with E-state index in [-0.39, 0.29) is 11.8 Å². The maximum Gasteiger partial charge on any atom is 0.0899 e. The molecule has 4 heteroatoms. The van der Waals surface area contributed by atoms with Gasteiger partial charge in [0, 0.05) is 6.20 Å². The fourth-order valence-corrected chi connectivity index (χ4v) is 1.07. The minimum absolute atomic E-state index is 0.0641. The molecule has 1 N–H and O–H groups in total. The van der Waals surface area contributed by atoms with Crippen LogP contribution in [0.25, 0.3) is 0 Å². The van der Waals surface area contributed by atoms with Crippen molar-refractivity contribution in [2.75, 3.05) is 0 Å². The molecule has 0 radical (unpaired) electrons. The summed E-state index contributed by atoms with van der Waals surface area (Å²) in [5.74, 6) is -1.27. The average Bonchev–Trinajstić information content (AvgIpc) is 2.15. The number of carbonyl (C=O) groups is 1. The van der Waals surface area contributed by atoms with E-state index >= 15 is 0 Å². The van der Waals surface area contributed by atoms with Crippen molar-refractivity contribution in [3.05, 3.63) is 29.6 Å². The highest BCUT2D eigenvalue weighted by molar-refractivity contribution is 5.83. The number of aryl methyl sites for hydroxylation is 1. The second-order valence-corrected chi connectivity index (χ2v) is 3.23. The Kier molecular flexibility index (Phi) is 3.59. The average molecular weight is 194 g/mol. The van der Waals surface area contributed by atoms with Gasteiger partial charge in [0.2, 0.25) is 0 Å². The lowest BCUT2D eigenvalue weighted by molar-refractivity contribution is -0.255. The molecule has 0 aliphatic carbocycles. The Morgan fingerprint density at radius 2 is 2.36 bits per heavy atom. The zero-order valence-corrected chi connectivity index (χ0v) is 7.93. The highest BCUT2D eigenvalue weighted by Gasteiger charge is 1.99. The van der Waals surface area contributed by atoms with Crippen LogP contribution in [0.2, 0.25) is 0 Å². The van der Waals surface area contributed by atoms with Gasteiger partial charge >= 0.3 is 0 Å². The van der Waals surface area contributed by atoms with Gasteiger partial charge in [-0.05, 0) is 31.4 Å². The van der Waals surface area contributed by atoms with E-state index in [1.165, 1.54) is 12.3 Å². The van der Waals surface area contributed by atoms with Crippen molar-refractivity contribution in [2.45, 2.75) is 25.9 Å². The number of aliphatic hydroxyl groups excluding tert-OH is 1. The Morgan fingerprint density at radius 1 is 1.64 bits per heavy atom. The zero-order chi connectivity index (χ0) is 10.6. The number of carboxylic acid groups (broad SMARTS) is 1. The van der Waals surface area contributed by atoms with E-state index in [9.17, 15) is 9.90 Å². The number of aromatic nitrogens is 1. The summed E-state index contributed by atoms with van der Waals surface area (Å²) in [4.78, 5) is 14.1. The number of hydrogen-bond donors (Lipinski definition) is 1. The Morgan fingerprint density at radius 3 is 2.79 bits per heavy atom. The summed E-state index contributed by atoms with van der Waals surface area (Å²) in [6.07, 6.45) is 2.48. The molecule has 0 aliphatic rings. The highest BCUT2D eigenvalue weighted by atomic mass is 16.4. The lowest BCUT2D eigenvalue weighted by Gasteiger charge is -2.05. The van der Waals surface area contributed by atoms with E-state index in [0.717, 1.165) is 5.56 Å². The zero-order valence-electron chi connectivity index (χ0n) is 7.93. The quantitative estimate of drug-likeness (QED) is 0.717. The summed E-state index contributed by atoms with van der Waals surface area (Å²) in [6, 6.07) is 3.09. The third-order valence-electron chi connectivity index (χ3n) is 1.88. The van der Waals surface area contributed by atoms with Crippen molar-refractivity contribution in [2.24, 2.45) is 0 Å². The maximum absolute atomic E-state index is 10.4. The van der Waals surface area contributed by atoms with Gasteiger partial charge in [-0.1, -0.05) is 6.07 Å². The van der Waals surface area contributed by atoms with Crippen molar-refractivity contribution >= 4 is 5.97 Å². The van der Waals surface area contributed by atoms with Crippen molar-refractivity contribution in [3.63, 3.8) is 0 Å². The first-order valence-electron chi connectivity index (χ1n) is 4.44. The normalized spacial score (nSPS) is 12.4. The Balaban J connectivity index is 2.60. The molecular weight excluding hydrogens is 182 g/mol. The van der Waals surface area contributed by atoms with Crippen LogP contribution in [0, 0.1) is 0 Å². The number of carbonyl (C=O) groups excluding carboxylic acids is 1. The van der Waals surface area contributed by atoms with Gasteiger partial charge in [0.15, 0.2) is 0 Å². The summed E-state index contributed by atoms with van der Waals surface area (Å²) in [6.45, 7) is 1.71. The third-order valence-corrected chi connectivity index (χ3v) is 1.88. The number of nitrogens with zero attached hydrogens (tertiary/aromatic N) is 1. The standard InChI is InChI=1S/C10H13NO3/c1-7(12)2-3-8-4-5-9(10(13)14)11-6-8/h4-7,12H,2-3H2,1H3,(H,13,14)/p-1/t7-/m0/s1. The summed E-state index contributed by atoms with van der Waals surface area (Å²) in [5, 5.41) is 19.4. The van der Waals surface area contributed by atoms with Crippen LogP contribution in [0.3, 0.4) is 0 Å². The topological polar surface area (TPSA) is 73.2 Å². The lowest BCUT2D eigenvalue weighted by atomic mass is 10.1. The summed E-state index contributed by atoms with van der Waals surface area (Å²) >= 11 is 0. The third kappa shape index (κ3) is 3.14. The van der Waals surface area contributed by atoms with E-state index in [1.54, 1.807) is 13.0 Å². The molecule has 0 saturated carbocycles. The van der Waals surface area contributed by atoms with E-state index in [4.69, 9.17) is 5.11 Å². The number of aromatic carboxylic acids is 1. The SMILES string of the molecule is C[C@H](O)CCc1ccc(C(=O)[O-])nc1. The Bertz CT molecular complexity index is 306. The van der Waals surface area contributed by atoms with Gasteiger partial charge < -0.3 is 15.0 Å². The minimum Gasteiger partial charge on any atom is -0.543 e. The fourth-order valence-electron chi connectivity index (χ4n) is 1.07. The highest BCUT2D eigenvalue weighted by Crippen LogP contribution is 2.04. The predicted molar refractivity (Wildman–Crippen MR) is 48.6 cm³/mol. The minimum atomic E-state index is -1.27. The monoisotopic (exact) mass is 194 g/mol. The molecular formula is C10H12NO3-. The maximum atomic E-state index is 10.4. The van der Waals surface area contributed by atoms with Crippen LogP contribution in [-0.4, -0.2) is 22.2 Å². The van der Waals surface area contributed by atoms with Gasteiger partial charge in [0.05, 0.1) is 17.8 Å². The molecule has 0 aliphatic heterocycles. The molecule has 0 aromatic carbocycles. The van der Waals surface area contributed by atoms with E-state index < -0.39 is 5.97 Å². The first-order valence-corrected chi connectivity index (χ1v) is 4.44. The molecule has 0 amide bonds. The molecule has 0 bridgehead atoms. The molecule has 1 aromatic rings. The molecule has 0 fully saturated rings. The summed E-state index contributed by atoms with van der Waals surface area (Å²) < 4.78 is 0. The van der Waals surface area contributed by atoms with Crippen LogP contribution in [0.5, 0.6) is 0 Å². The second-order valence-electron chi connectivity index (χ2n) is 3.23. The molecule has 1 aromatic heterocycles. The fraction of sp³-hybridized carbons (Fsp3) is 0.400. The second kappa shape index (κ2) is 4.72. The number of carboxylic acids is 1. The van der Waals surface area contributed by atoms with Gasteiger partial charge in [-0.3, -0.25) is 4.98 Å². The lowest BCUT2D eigenvalue weighted by Crippen LogP contribution is -2.23. The first kappa shape index (κ1) is 10.7. The number of pyridine rings is 1. The van der Waals surface area contributed by atoms with Crippen LogP contribution in [0.1, 0.15) is 29.4 Å². The number of hydrogen-bond acceptors (Lipinski definition) is 4. The van der Waals surface area contributed by atoms with Crippen molar-refractivity contribution in [1.29, 1.82) is 0 Å². The van der Waals surface area contributed by atoms with Crippen LogP contribution in [0.15, 0.2) is 18.3 Å². The van der Waals surface area contributed by atoms with Gasteiger partial charge in [-0.2, -0.15) is 0 Å². The molecule has 1 rings (SSSR count). The number of aliphatic hydroxyl groups is 1. The van der Waals surface area contributed by atoms with Crippen molar-refractivity contribution in [3.8, 4) is 0 Å².